The summed E-state index contributed by atoms with van der Waals surface area (Å²) in [4.78, 5) is 5.51. The van der Waals surface area contributed by atoms with Crippen LogP contribution in [0.3, 0.4) is 0 Å². The fraction of sp³-hybridized carbons (Fsp3) is 0.769. The van der Waals surface area contributed by atoms with Gasteiger partial charge in [-0.1, -0.05) is 32.1 Å². The highest BCUT2D eigenvalue weighted by Crippen LogP contribution is 2.18. The van der Waals surface area contributed by atoms with Crippen LogP contribution in [0.5, 0.6) is 0 Å². The van der Waals surface area contributed by atoms with Gasteiger partial charge in [0.05, 0.1) is 11.5 Å². The minimum atomic E-state index is 0.698. The molecule has 0 radical (unpaired) electrons. The fourth-order valence-corrected chi connectivity index (χ4v) is 2.23. The van der Waals surface area contributed by atoms with E-state index in [0.29, 0.717) is 6.61 Å². The summed E-state index contributed by atoms with van der Waals surface area (Å²) in [6.45, 7) is 9.18. The van der Waals surface area contributed by atoms with E-state index in [1.54, 1.807) is 11.3 Å². The Kier molecular flexibility index (Phi) is 7.21. The van der Waals surface area contributed by atoms with Crippen molar-refractivity contribution in [2.24, 2.45) is 5.92 Å². The zero-order valence-corrected chi connectivity index (χ0v) is 12.0. The van der Waals surface area contributed by atoms with E-state index in [9.17, 15) is 0 Å². The van der Waals surface area contributed by atoms with Gasteiger partial charge in [-0.3, -0.25) is 0 Å². The van der Waals surface area contributed by atoms with E-state index < -0.39 is 0 Å². The fourth-order valence-electron chi connectivity index (χ4n) is 1.45. The van der Waals surface area contributed by atoms with Gasteiger partial charge in [-0.15, -0.1) is 0 Å². The molecule has 17 heavy (non-hydrogen) atoms. The van der Waals surface area contributed by atoms with E-state index in [0.717, 1.165) is 37.0 Å². The lowest BCUT2D eigenvalue weighted by molar-refractivity contribution is 0.117. The third kappa shape index (κ3) is 6.64. The highest BCUT2D eigenvalue weighted by molar-refractivity contribution is 7.15. The van der Waals surface area contributed by atoms with Gasteiger partial charge in [0.2, 0.25) is 0 Å². The van der Waals surface area contributed by atoms with Crippen molar-refractivity contribution in [1.82, 2.24) is 4.98 Å². The third-order valence-electron chi connectivity index (χ3n) is 2.39. The zero-order valence-electron chi connectivity index (χ0n) is 11.2. The van der Waals surface area contributed by atoms with Crippen molar-refractivity contribution in [3.63, 3.8) is 0 Å². The van der Waals surface area contributed by atoms with E-state index in [2.05, 4.69) is 31.1 Å². The Morgan fingerprint density at radius 2 is 2.29 bits per heavy atom. The average Bonchev–Trinajstić information content (AvgIpc) is 2.73. The summed E-state index contributed by atoms with van der Waals surface area (Å²) in [5, 5.41) is 4.29. The van der Waals surface area contributed by atoms with Crippen LogP contribution in [-0.4, -0.2) is 18.1 Å². The Balaban J connectivity index is 2.12. The van der Waals surface area contributed by atoms with Gasteiger partial charge in [0.15, 0.2) is 5.13 Å². The van der Waals surface area contributed by atoms with Crippen molar-refractivity contribution in [1.29, 1.82) is 0 Å². The van der Waals surface area contributed by atoms with E-state index in [1.165, 1.54) is 11.3 Å². The molecule has 1 heterocycles. The Morgan fingerprint density at radius 3 is 3.00 bits per heavy atom. The first kappa shape index (κ1) is 14.5. The first-order valence-corrected chi connectivity index (χ1v) is 7.30. The van der Waals surface area contributed by atoms with Crippen LogP contribution in [0.1, 0.15) is 44.9 Å². The van der Waals surface area contributed by atoms with Crippen molar-refractivity contribution < 1.29 is 4.74 Å². The predicted octanol–water partition coefficient (Wildman–Crippen LogP) is 3.92. The summed E-state index contributed by atoms with van der Waals surface area (Å²) in [5.41, 5.74) is 0. The van der Waals surface area contributed by atoms with E-state index in [4.69, 9.17) is 4.74 Å². The maximum atomic E-state index is 5.63. The molecule has 1 N–H and O–H groups in total. The van der Waals surface area contributed by atoms with Crippen molar-refractivity contribution in [2.45, 2.75) is 46.6 Å². The molecule has 0 fully saturated rings. The molecule has 0 unspecified atom stereocenters. The average molecular weight is 256 g/mol. The molecular weight excluding hydrogens is 232 g/mol. The molecule has 0 aliphatic carbocycles. The van der Waals surface area contributed by atoms with Crippen molar-refractivity contribution in [2.75, 3.05) is 18.5 Å². The largest absolute Gasteiger partial charge is 0.376 e. The molecule has 0 aliphatic rings. The second kappa shape index (κ2) is 8.48. The van der Waals surface area contributed by atoms with Gasteiger partial charge in [-0.25, -0.2) is 4.98 Å². The molecule has 0 spiro atoms. The molecular formula is C13H24N2OS. The standard InChI is InChI=1S/C13H24N2OS/c1-4-7-14-13-15-9-12(17-13)10-16-8-5-6-11(2)3/h9,11H,4-8,10H2,1-3H3,(H,14,15). The van der Waals surface area contributed by atoms with Crippen LogP contribution in [0.2, 0.25) is 0 Å². The highest BCUT2D eigenvalue weighted by atomic mass is 32.1. The number of nitrogens with zero attached hydrogens (tertiary/aromatic N) is 1. The first-order valence-electron chi connectivity index (χ1n) is 6.48. The zero-order chi connectivity index (χ0) is 12.5. The summed E-state index contributed by atoms with van der Waals surface area (Å²) < 4.78 is 5.63. The summed E-state index contributed by atoms with van der Waals surface area (Å²) in [5.74, 6) is 0.770. The topological polar surface area (TPSA) is 34.2 Å². The lowest BCUT2D eigenvalue weighted by Crippen LogP contribution is -1.98. The Bertz CT molecular complexity index is 299. The van der Waals surface area contributed by atoms with Gasteiger partial charge < -0.3 is 10.1 Å². The Labute approximate surface area is 109 Å². The first-order chi connectivity index (χ1) is 8.22. The summed E-state index contributed by atoms with van der Waals surface area (Å²) >= 11 is 1.69. The van der Waals surface area contributed by atoms with Crippen LogP contribution in [0, 0.1) is 5.92 Å². The number of ether oxygens (including phenoxy) is 1. The second-order valence-corrected chi connectivity index (χ2v) is 5.76. The third-order valence-corrected chi connectivity index (χ3v) is 3.32. The molecule has 1 rings (SSSR count). The summed E-state index contributed by atoms with van der Waals surface area (Å²) in [6, 6.07) is 0. The van der Waals surface area contributed by atoms with E-state index in [1.807, 2.05) is 6.20 Å². The lowest BCUT2D eigenvalue weighted by Gasteiger charge is -2.04. The van der Waals surface area contributed by atoms with E-state index in [-0.39, 0.29) is 0 Å². The van der Waals surface area contributed by atoms with Gasteiger partial charge in [0, 0.05) is 19.3 Å². The molecule has 3 nitrogen and oxygen atoms in total. The van der Waals surface area contributed by atoms with Crippen LogP contribution in [0.4, 0.5) is 5.13 Å². The van der Waals surface area contributed by atoms with Gasteiger partial charge in [-0.05, 0) is 25.2 Å². The van der Waals surface area contributed by atoms with Crippen LogP contribution in [0.25, 0.3) is 0 Å². The molecule has 98 valence electrons. The second-order valence-electron chi connectivity index (χ2n) is 4.65. The van der Waals surface area contributed by atoms with Crippen LogP contribution in [-0.2, 0) is 11.3 Å². The Morgan fingerprint density at radius 1 is 1.47 bits per heavy atom. The smallest absolute Gasteiger partial charge is 0.182 e. The molecule has 0 saturated carbocycles. The number of nitrogens with one attached hydrogen (secondary N) is 1. The quantitative estimate of drug-likeness (QED) is 0.680. The lowest BCUT2D eigenvalue weighted by atomic mass is 10.1. The SMILES string of the molecule is CCCNc1ncc(COCCCC(C)C)s1. The summed E-state index contributed by atoms with van der Waals surface area (Å²) in [6.07, 6.45) is 5.43. The number of thiazole rings is 1. The van der Waals surface area contributed by atoms with Crippen LogP contribution >= 0.6 is 11.3 Å². The normalized spacial score (nSPS) is 11.1. The van der Waals surface area contributed by atoms with Gasteiger partial charge in [-0.2, -0.15) is 0 Å². The number of hydrogen-bond donors (Lipinski definition) is 1. The molecule has 1 aromatic heterocycles. The number of aromatic nitrogens is 1. The molecule has 0 atom stereocenters. The van der Waals surface area contributed by atoms with Crippen molar-refractivity contribution in [3.8, 4) is 0 Å². The number of rotatable bonds is 9. The number of hydrogen-bond acceptors (Lipinski definition) is 4. The van der Waals surface area contributed by atoms with Crippen molar-refractivity contribution >= 4 is 16.5 Å². The maximum absolute atomic E-state index is 5.63. The minimum absolute atomic E-state index is 0.698. The summed E-state index contributed by atoms with van der Waals surface area (Å²) in [7, 11) is 0. The van der Waals surface area contributed by atoms with Gasteiger partial charge in [0.25, 0.3) is 0 Å². The van der Waals surface area contributed by atoms with Crippen LogP contribution in [0.15, 0.2) is 6.20 Å². The predicted molar refractivity (Wildman–Crippen MR) is 74.6 cm³/mol. The molecule has 0 aromatic carbocycles. The maximum Gasteiger partial charge on any atom is 0.182 e. The van der Waals surface area contributed by atoms with Crippen LogP contribution < -0.4 is 5.32 Å². The highest BCUT2D eigenvalue weighted by Gasteiger charge is 2.01. The minimum Gasteiger partial charge on any atom is -0.376 e. The number of anilines is 1. The molecule has 4 heteroatoms. The van der Waals surface area contributed by atoms with E-state index >= 15 is 0 Å². The van der Waals surface area contributed by atoms with Gasteiger partial charge >= 0.3 is 0 Å². The molecule has 0 bridgehead atoms. The Hall–Kier alpha value is -0.610. The molecule has 0 amide bonds. The van der Waals surface area contributed by atoms with Crippen molar-refractivity contribution in [3.05, 3.63) is 11.1 Å². The molecule has 0 saturated heterocycles. The monoisotopic (exact) mass is 256 g/mol. The molecule has 1 aromatic rings. The molecule has 0 aliphatic heterocycles. The van der Waals surface area contributed by atoms with Gasteiger partial charge in [0.1, 0.15) is 0 Å².